The molecular formula is C17H15BrN6O2. The van der Waals surface area contributed by atoms with E-state index in [9.17, 15) is 10.1 Å². The van der Waals surface area contributed by atoms with Crippen LogP contribution in [0.5, 0.6) is 0 Å². The summed E-state index contributed by atoms with van der Waals surface area (Å²) in [6.45, 7) is 0.512. The van der Waals surface area contributed by atoms with Gasteiger partial charge in [0.2, 0.25) is 11.6 Å². The zero-order valence-electron chi connectivity index (χ0n) is 13.6. The van der Waals surface area contributed by atoms with Gasteiger partial charge in [0.05, 0.1) is 4.92 Å². The van der Waals surface area contributed by atoms with Gasteiger partial charge in [0.25, 0.3) is 0 Å². The van der Waals surface area contributed by atoms with Crippen molar-refractivity contribution in [2.45, 2.75) is 6.42 Å². The van der Waals surface area contributed by atoms with E-state index in [2.05, 4.69) is 41.5 Å². The lowest BCUT2D eigenvalue weighted by atomic mass is 10.1. The van der Waals surface area contributed by atoms with Crippen molar-refractivity contribution < 1.29 is 4.92 Å². The van der Waals surface area contributed by atoms with Gasteiger partial charge in [-0.2, -0.15) is 0 Å². The summed E-state index contributed by atoms with van der Waals surface area (Å²) in [5, 5.41) is 17.4. The monoisotopic (exact) mass is 414 g/mol. The van der Waals surface area contributed by atoms with E-state index in [1.54, 1.807) is 18.3 Å². The molecule has 0 amide bonds. The number of nitro groups is 1. The molecule has 2 heterocycles. The highest BCUT2D eigenvalue weighted by atomic mass is 79.9. The molecular weight excluding hydrogens is 400 g/mol. The van der Waals surface area contributed by atoms with Gasteiger partial charge < -0.3 is 10.6 Å². The highest BCUT2D eigenvalue weighted by molar-refractivity contribution is 9.10. The lowest BCUT2D eigenvalue weighted by Crippen LogP contribution is -2.11. The van der Waals surface area contributed by atoms with Crippen LogP contribution in [0.15, 0.2) is 59.5 Å². The maximum atomic E-state index is 11.5. The van der Waals surface area contributed by atoms with Crippen molar-refractivity contribution in [3.05, 3.63) is 75.1 Å². The predicted molar refractivity (Wildman–Crippen MR) is 103 cm³/mol. The zero-order valence-corrected chi connectivity index (χ0v) is 15.2. The van der Waals surface area contributed by atoms with Gasteiger partial charge in [-0.3, -0.25) is 10.1 Å². The average Bonchev–Trinajstić information content (AvgIpc) is 2.64. The minimum Gasteiger partial charge on any atom is -0.364 e. The number of rotatable bonds is 7. The Hall–Kier alpha value is -3.07. The van der Waals surface area contributed by atoms with Gasteiger partial charge >= 0.3 is 5.69 Å². The molecule has 0 fully saturated rings. The summed E-state index contributed by atoms with van der Waals surface area (Å²) < 4.78 is 0.809. The minimum atomic E-state index is -0.508. The van der Waals surface area contributed by atoms with Crippen LogP contribution in [0.3, 0.4) is 0 Å². The number of pyridine rings is 1. The average molecular weight is 415 g/mol. The molecule has 9 heteroatoms. The van der Waals surface area contributed by atoms with Gasteiger partial charge in [-0.15, -0.1) is 0 Å². The molecule has 0 aliphatic heterocycles. The largest absolute Gasteiger partial charge is 0.364 e. The van der Waals surface area contributed by atoms with Crippen molar-refractivity contribution in [1.29, 1.82) is 0 Å². The summed E-state index contributed by atoms with van der Waals surface area (Å²) in [6, 6.07) is 13.3. The van der Waals surface area contributed by atoms with Crippen molar-refractivity contribution in [3.8, 4) is 0 Å². The van der Waals surface area contributed by atoms with Gasteiger partial charge in [-0.05, 0) is 40.0 Å². The Kier molecular flexibility index (Phi) is 5.69. The molecule has 3 rings (SSSR count). The highest BCUT2D eigenvalue weighted by Crippen LogP contribution is 2.30. The molecule has 2 aromatic heterocycles. The second kappa shape index (κ2) is 8.34. The third kappa shape index (κ3) is 4.51. The van der Waals surface area contributed by atoms with E-state index in [0.29, 0.717) is 12.4 Å². The van der Waals surface area contributed by atoms with E-state index >= 15 is 0 Å². The van der Waals surface area contributed by atoms with E-state index in [-0.39, 0.29) is 17.3 Å². The molecule has 0 aliphatic rings. The number of hydrogen-bond acceptors (Lipinski definition) is 7. The fourth-order valence-electron chi connectivity index (χ4n) is 2.31. The van der Waals surface area contributed by atoms with Gasteiger partial charge in [-0.1, -0.05) is 30.3 Å². The van der Waals surface area contributed by atoms with Crippen molar-refractivity contribution in [1.82, 2.24) is 15.0 Å². The van der Waals surface area contributed by atoms with Gasteiger partial charge in [0.15, 0.2) is 0 Å². The molecule has 0 saturated carbocycles. The number of anilines is 3. The Balaban J connectivity index is 1.77. The van der Waals surface area contributed by atoms with E-state index in [1.807, 2.05) is 30.3 Å². The van der Waals surface area contributed by atoms with Crippen LogP contribution < -0.4 is 10.6 Å². The highest BCUT2D eigenvalue weighted by Gasteiger charge is 2.23. The van der Waals surface area contributed by atoms with Crippen molar-refractivity contribution in [3.63, 3.8) is 0 Å². The van der Waals surface area contributed by atoms with Crippen LogP contribution in [0.1, 0.15) is 5.56 Å². The third-order valence-electron chi connectivity index (χ3n) is 3.53. The molecule has 0 unspecified atom stereocenters. The fourth-order valence-corrected chi connectivity index (χ4v) is 2.55. The van der Waals surface area contributed by atoms with Crippen LogP contribution in [-0.2, 0) is 6.42 Å². The zero-order chi connectivity index (χ0) is 18.4. The molecule has 0 spiro atoms. The first-order chi connectivity index (χ1) is 12.6. The van der Waals surface area contributed by atoms with Crippen molar-refractivity contribution in [2.75, 3.05) is 17.2 Å². The lowest BCUT2D eigenvalue weighted by molar-refractivity contribution is -0.383. The molecule has 26 heavy (non-hydrogen) atoms. The summed E-state index contributed by atoms with van der Waals surface area (Å²) in [7, 11) is 0. The molecule has 132 valence electrons. The van der Waals surface area contributed by atoms with Gasteiger partial charge in [0.1, 0.15) is 12.1 Å². The lowest BCUT2D eigenvalue weighted by Gasteiger charge is -2.09. The molecule has 0 atom stereocenters. The minimum absolute atomic E-state index is 0.0852. The normalized spacial score (nSPS) is 10.3. The predicted octanol–water partition coefficient (Wildman–Crippen LogP) is 3.94. The second-order valence-corrected chi connectivity index (χ2v) is 6.24. The molecule has 8 nitrogen and oxygen atoms in total. The van der Waals surface area contributed by atoms with E-state index in [1.165, 1.54) is 6.33 Å². The first-order valence-corrected chi connectivity index (χ1v) is 8.58. The first-order valence-electron chi connectivity index (χ1n) is 7.79. The second-order valence-electron chi connectivity index (χ2n) is 5.33. The van der Waals surface area contributed by atoms with Crippen LogP contribution >= 0.6 is 15.9 Å². The first kappa shape index (κ1) is 17.7. The maximum absolute atomic E-state index is 11.5. The SMILES string of the molecule is O=[N+]([O-])c1c(NCCc2ccccc2)ncnc1Nc1ccc(Br)cn1. The Morgan fingerprint density at radius 1 is 1.04 bits per heavy atom. The Bertz CT molecular complexity index is 890. The standard InChI is InChI=1S/C17H15BrN6O2/c18-13-6-7-14(20-10-13)23-17-15(24(25)26)16(21-11-22-17)19-9-8-12-4-2-1-3-5-12/h1-7,10-11H,8-9H2,(H2,19,20,21,22,23). The number of aromatic nitrogens is 3. The van der Waals surface area contributed by atoms with E-state index in [0.717, 1.165) is 16.5 Å². The van der Waals surface area contributed by atoms with E-state index in [4.69, 9.17) is 0 Å². The molecule has 0 radical (unpaired) electrons. The Morgan fingerprint density at radius 2 is 1.81 bits per heavy atom. The van der Waals surface area contributed by atoms with Crippen molar-refractivity contribution in [2.24, 2.45) is 0 Å². The molecule has 0 saturated heterocycles. The molecule has 2 N–H and O–H groups in total. The summed E-state index contributed by atoms with van der Waals surface area (Å²) in [4.78, 5) is 23.2. The fraction of sp³-hybridized carbons (Fsp3) is 0.118. The summed E-state index contributed by atoms with van der Waals surface area (Å²) >= 11 is 3.29. The Morgan fingerprint density at radius 3 is 2.50 bits per heavy atom. The van der Waals surface area contributed by atoms with Gasteiger partial charge in [-0.25, -0.2) is 15.0 Å². The number of hydrogen-bond donors (Lipinski definition) is 2. The number of halogens is 1. The van der Waals surface area contributed by atoms with Crippen LogP contribution in [0.2, 0.25) is 0 Å². The summed E-state index contributed by atoms with van der Waals surface area (Å²) in [5.41, 5.74) is 0.916. The maximum Gasteiger partial charge on any atom is 0.353 e. The van der Waals surface area contributed by atoms with Crippen LogP contribution in [0.4, 0.5) is 23.1 Å². The third-order valence-corrected chi connectivity index (χ3v) is 4.00. The molecule has 0 aliphatic carbocycles. The molecule has 1 aromatic carbocycles. The Labute approximate surface area is 158 Å². The number of benzene rings is 1. The molecule has 0 bridgehead atoms. The van der Waals surface area contributed by atoms with Crippen LogP contribution in [0.25, 0.3) is 0 Å². The smallest absolute Gasteiger partial charge is 0.353 e. The summed E-state index contributed by atoms with van der Waals surface area (Å²) in [5.74, 6) is 0.702. The number of nitrogens with zero attached hydrogens (tertiary/aromatic N) is 4. The van der Waals surface area contributed by atoms with Crippen LogP contribution in [-0.4, -0.2) is 26.4 Å². The molecule has 3 aromatic rings. The van der Waals surface area contributed by atoms with Crippen molar-refractivity contribution >= 4 is 39.1 Å². The number of nitrogens with one attached hydrogen (secondary N) is 2. The summed E-state index contributed by atoms with van der Waals surface area (Å²) in [6.07, 6.45) is 3.59. The van der Waals surface area contributed by atoms with E-state index < -0.39 is 4.92 Å². The topological polar surface area (TPSA) is 106 Å². The van der Waals surface area contributed by atoms with Crippen LogP contribution in [0, 0.1) is 10.1 Å². The van der Waals surface area contributed by atoms with Gasteiger partial charge in [0, 0.05) is 17.2 Å². The quantitative estimate of drug-likeness (QED) is 0.445.